The summed E-state index contributed by atoms with van der Waals surface area (Å²) in [5.74, 6) is 13.5. The van der Waals surface area contributed by atoms with Gasteiger partial charge in [-0.05, 0) is 112 Å². The van der Waals surface area contributed by atoms with Crippen LogP contribution in [-0.2, 0) is 0 Å². The lowest BCUT2D eigenvalue weighted by Gasteiger charge is -2.15. The molecule has 4 heterocycles. The van der Waals surface area contributed by atoms with Crippen molar-refractivity contribution in [2.45, 2.75) is 41.5 Å². The molecule has 0 fully saturated rings. The minimum atomic E-state index is 0.856. The maximum atomic E-state index is 5.44. The summed E-state index contributed by atoms with van der Waals surface area (Å²) in [7, 11) is 0. The maximum absolute atomic E-state index is 5.44. The second-order valence-corrected chi connectivity index (χ2v) is 14.9. The van der Waals surface area contributed by atoms with Gasteiger partial charge in [0, 0.05) is 61.8 Å². The second kappa shape index (κ2) is 13.9. The molecule has 9 aromatic rings. The van der Waals surface area contributed by atoms with Gasteiger partial charge in [-0.15, -0.1) is 0 Å². The van der Waals surface area contributed by atoms with E-state index < -0.39 is 0 Å². The largest absolute Gasteiger partial charge is 0.254 e. The molecule has 0 spiro atoms. The third kappa shape index (κ3) is 6.42. The zero-order valence-electron chi connectivity index (χ0n) is 32.3. The van der Waals surface area contributed by atoms with Crippen LogP contribution in [0.15, 0.2) is 122 Å². The van der Waals surface area contributed by atoms with Crippen molar-refractivity contribution in [1.29, 1.82) is 0 Å². The van der Waals surface area contributed by atoms with Gasteiger partial charge in [-0.2, -0.15) is 0 Å². The van der Waals surface area contributed by atoms with Gasteiger partial charge in [-0.3, -0.25) is 9.97 Å². The van der Waals surface area contributed by atoms with Crippen LogP contribution in [0.4, 0.5) is 0 Å². The molecule has 9 rings (SSSR count). The van der Waals surface area contributed by atoms with Gasteiger partial charge in [0.2, 0.25) is 0 Å². The normalized spacial score (nSPS) is 11.1. The molecule has 4 heteroatoms. The Kier molecular flexibility index (Phi) is 8.61. The van der Waals surface area contributed by atoms with Crippen LogP contribution in [0.3, 0.4) is 0 Å². The lowest BCUT2D eigenvalue weighted by Crippen LogP contribution is -1.99. The van der Waals surface area contributed by atoms with Crippen LogP contribution < -0.4 is 0 Å². The number of benzene rings is 5. The second-order valence-electron chi connectivity index (χ2n) is 14.9. The van der Waals surface area contributed by atoms with Crippen molar-refractivity contribution in [2.75, 3.05) is 0 Å². The molecule has 0 radical (unpaired) electrons. The Labute approximate surface area is 327 Å². The maximum Gasteiger partial charge on any atom is 0.0973 e. The highest BCUT2D eigenvalue weighted by Crippen LogP contribution is 2.35. The van der Waals surface area contributed by atoms with Crippen LogP contribution >= 0.6 is 0 Å². The van der Waals surface area contributed by atoms with Crippen molar-refractivity contribution >= 4 is 43.6 Å². The minimum Gasteiger partial charge on any atom is -0.254 e. The Morgan fingerprint density at radius 1 is 0.411 bits per heavy atom. The van der Waals surface area contributed by atoms with E-state index in [1.807, 2.05) is 36.5 Å². The number of aryl methyl sites for hydroxylation is 6. The third-order valence-electron chi connectivity index (χ3n) is 10.5. The van der Waals surface area contributed by atoms with Gasteiger partial charge in [0.25, 0.3) is 0 Å². The number of pyridine rings is 4. The number of aromatic nitrogens is 4. The molecule has 0 aliphatic carbocycles. The van der Waals surface area contributed by atoms with Crippen molar-refractivity contribution in [2.24, 2.45) is 0 Å². The van der Waals surface area contributed by atoms with Gasteiger partial charge >= 0.3 is 0 Å². The van der Waals surface area contributed by atoms with E-state index in [1.165, 1.54) is 38.9 Å². The molecule has 0 aliphatic rings. The first-order valence-electron chi connectivity index (χ1n) is 18.9. The Balaban J connectivity index is 1.10. The number of hydrogen-bond donors (Lipinski definition) is 0. The van der Waals surface area contributed by atoms with Crippen molar-refractivity contribution in [3.63, 3.8) is 0 Å². The fourth-order valence-electron chi connectivity index (χ4n) is 8.11. The fourth-order valence-corrected chi connectivity index (χ4v) is 8.11. The number of nitrogens with zero attached hydrogens (tertiary/aromatic N) is 4. The summed E-state index contributed by atoms with van der Waals surface area (Å²) in [6.45, 7) is 12.9. The van der Waals surface area contributed by atoms with Crippen molar-refractivity contribution < 1.29 is 0 Å². The quantitative estimate of drug-likeness (QED) is 0.132. The Hall–Kier alpha value is -7.14. The zero-order chi connectivity index (χ0) is 38.5. The van der Waals surface area contributed by atoms with Gasteiger partial charge in [0.1, 0.15) is 0 Å². The molecular weight excluding hydrogens is 681 g/mol. The molecule has 0 saturated heterocycles. The van der Waals surface area contributed by atoms with Gasteiger partial charge < -0.3 is 0 Å². The molecule has 4 nitrogen and oxygen atoms in total. The number of fused-ring (bicyclic) bond motifs is 6. The van der Waals surface area contributed by atoms with E-state index in [2.05, 4.69) is 149 Å². The van der Waals surface area contributed by atoms with E-state index in [4.69, 9.17) is 15.0 Å². The summed E-state index contributed by atoms with van der Waals surface area (Å²) in [6, 6.07) is 37.9. The first-order valence-corrected chi connectivity index (χ1v) is 18.9. The van der Waals surface area contributed by atoms with Gasteiger partial charge in [0.05, 0.1) is 39.0 Å². The highest BCUT2D eigenvalue weighted by atomic mass is 14.8. The SMILES string of the molecule is Cc1cc(C)c(-c2ccc3ccc4cc(C#Cc5ccc(C#Cc6cnc7c(ccc8cccnc87)c6)cc5)c(-c5c(C)cc(C)cc5C)nc4c3n2)c(C)c1. The Morgan fingerprint density at radius 2 is 0.929 bits per heavy atom. The van der Waals surface area contributed by atoms with Crippen LogP contribution in [0, 0.1) is 65.2 Å². The molecule has 0 atom stereocenters. The average Bonchev–Trinajstić information content (AvgIpc) is 3.18. The smallest absolute Gasteiger partial charge is 0.0973 e. The molecule has 266 valence electrons. The fraction of sp³-hybridized carbons (Fsp3) is 0.115. The van der Waals surface area contributed by atoms with E-state index in [0.717, 1.165) is 82.8 Å². The van der Waals surface area contributed by atoms with Crippen LogP contribution in [0.1, 0.15) is 55.6 Å². The molecule has 0 N–H and O–H groups in total. The van der Waals surface area contributed by atoms with Crippen molar-refractivity contribution in [1.82, 2.24) is 19.9 Å². The lowest BCUT2D eigenvalue weighted by molar-refractivity contribution is 1.27. The lowest BCUT2D eigenvalue weighted by atomic mass is 9.93. The first kappa shape index (κ1) is 34.6. The summed E-state index contributed by atoms with van der Waals surface area (Å²) in [5.41, 5.74) is 18.5. The van der Waals surface area contributed by atoms with E-state index in [9.17, 15) is 0 Å². The predicted octanol–water partition coefficient (Wildman–Crippen LogP) is 11.9. The molecule has 0 bridgehead atoms. The molecule has 0 amide bonds. The monoisotopic (exact) mass is 718 g/mol. The van der Waals surface area contributed by atoms with Gasteiger partial charge in [0.15, 0.2) is 0 Å². The predicted molar refractivity (Wildman–Crippen MR) is 232 cm³/mol. The third-order valence-corrected chi connectivity index (χ3v) is 10.5. The number of hydrogen-bond acceptors (Lipinski definition) is 4. The van der Waals surface area contributed by atoms with Gasteiger partial charge in [-0.25, -0.2) is 9.97 Å². The molecule has 0 aliphatic heterocycles. The van der Waals surface area contributed by atoms with Crippen molar-refractivity contribution in [3.8, 4) is 46.2 Å². The van der Waals surface area contributed by atoms with E-state index in [0.29, 0.717) is 0 Å². The minimum absolute atomic E-state index is 0.856. The molecule has 0 saturated carbocycles. The highest BCUT2D eigenvalue weighted by Gasteiger charge is 2.17. The summed E-state index contributed by atoms with van der Waals surface area (Å²) in [4.78, 5) is 20.0. The Morgan fingerprint density at radius 3 is 1.61 bits per heavy atom. The topological polar surface area (TPSA) is 51.6 Å². The Bertz CT molecular complexity index is 3160. The van der Waals surface area contributed by atoms with Crippen LogP contribution in [0.2, 0.25) is 0 Å². The van der Waals surface area contributed by atoms with Gasteiger partial charge in [-0.1, -0.05) is 95.5 Å². The molecular formula is C52H38N4. The molecule has 56 heavy (non-hydrogen) atoms. The standard InChI is InChI=1S/C52H38N4/c1-31-24-33(3)46(34(4)25-31)45-22-21-41-18-20-44-29-43(48(56-52(44)51(41)55-45)47-35(5)26-32(2)27-36(47)6)16-15-38-11-9-37(10-12-38)13-14-39-28-42-19-17-40-8-7-23-53-49(40)50(42)54-30-39/h7-12,17-30H,1-6H3. The molecule has 5 aromatic carbocycles. The van der Waals surface area contributed by atoms with E-state index >= 15 is 0 Å². The summed E-state index contributed by atoms with van der Waals surface area (Å²) < 4.78 is 0. The zero-order valence-corrected chi connectivity index (χ0v) is 32.3. The number of rotatable bonds is 2. The molecule has 4 aromatic heterocycles. The van der Waals surface area contributed by atoms with Crippen LogP contribution in [0.5, 0.6) is 0 Å². The van der Waals surface area contributed by atoms with Crippen LogP contribution in [0.25, 0.3) is 66.1 Å². The van der Waals surface area contributed by atoms with E-state index in [1.54, 1.807) is 6.20 Å². The van der Waals surface area contributed by atoms with Crippen molar-refractivity contribution in [3.05, 3.63) is 177 Å². The summed E-state index contributed by atoms with van der Waals surface area (Å²) >= 11 is 0. The summed E-state index contributed by atoms with van der Waals surface area (Å²) in [6.07, 6.45) is 3.62. The summed E-state index contributed by atoms with van der Waals surface area (Å²) in [5, 5.41) is 4.16. The van der Waals surface area contributed by atoms with E-state index in [-0.39, 0.29) is 0 Å². The average molecular weight is 719 g/mol. The first-order chi connectivity index (χ1) is 27.2. The highest BCUT2D eigenvalue weighted by molar-refractivity contribution is 6.05. The molecule has 0 unspecified atom stereocenters. The van der Waals surface area contributed by atoms with Crippen LogP contribution in [-0.4, -0.2) is 19.9 Å².